The largest absolute Gasteiger partial charge is 0.453 e. The van der Waals surface area contributed by atoms with E-state index in [1.54, 1.807) is 18.2 Å². The molecule has 2 aromatic heterocycles. The number of hydrogen-bond acceptors (Lipinski definition) is 9. The van der Waals surface area contributed by atoms with Gasteiger partial charge in [0.25, 0.3) is 5.91 Å². The third-order valence-corrected chi connectivity index (χ3v) is 12.4. The molecule has 4 heterocycles. The van der Waals surface area contributed by atoms with Crippen LogP contribution in [0.5, 0.6) is 0 Å². The van der Waals surface area contributed by atoms with Gasteiger partial charge in [-0.1, -0.05) is 92.7 Å². The number of amides is 4. The number of carbonyl (C=O) groups is 4. The van der Waals surface area contributed by atoms with Crippen LogP contribution in [0.4, 0.5) is 9.59 Å². The van der Waals surface area contributed by atoms with Gasteiger partial charge in [0.2, 0.25) is 5.91 Å². The van der Waals surface area contributed by atoms with Crippen LogP contribution in [-0.4, -0.2) is 99.3 Å². The molecule has 1 aliphatic carbocycles. The lowest BCUT2D eigenvalue weighted by molar-refractivity contribution is -0.137. The minimum atomic E-state index is -0.884. The van der Waals surface area contributed by atoms with Crippen LogP contribution >= 0.6 is 0 Å². The second-order valence-corrected chi connectivity index (χ2v) is 17.2. The van der Waals surface area contributed by atoms with Gasteiger partial charge < -0.3 is 44.6 Å². The highest BCUT2D eigenvalue weighted by molar-refractivity contribution is 5.88. The number of carbonyl (C=O) groups excluding carboxylic acids is 4. The lowest BCUT2D eigenvalue weighted by Crippen LogP contribution is -2.51. The molecule has 63 heavy (non-hydrogen) atoms. The molecule has 0 unspecified atom stereocenters. The van der Waals surface area contributed by atoms with Gasteiger partial charge >= 0.3 is 12.2 Å². The third kappa shape index (κ3) is 9.63. The second-order valence-electron chi connectivity index (χ2n) is 17.2. The van der Waals surface area contributed by atoms with E-state index in [1.807, 2.05) is 74.3 Å². The van der Waals surface area contributed by atoms with Crippen molar-refractivity contribution in [1.82, 2.24) is 40.4 Å². The molecule has 5 aromatic rings. The van der Waals surface area contributed by atoms with Gasteiger partial charge in [0.1, 0.15) is 29.8 Å². The number of aromatic nitrogens is 4. The molecule has 8 rings (SSSR count). The average Bonchev–Trinajstić information content (AvgIpc) is 3.70. The van der Waals surface area contributed by atoms with Gasteiger partial charge in [0.05, 0.1) is 49.6 Å². The summed E-state index contributed by atoms with van der Waals surface area (Å²) in [6.07, 6.45) is 6.21. The maximum atomic E-state index is 14.3. The number of methoxy groups -OCH3 is 2. The Labute approximate surface area is 367 Å². The Hall–Kier alpha value is -6.48. The number of nitrogens with zero attached hydrogens (tertiary/aromatic N) is 4. The van der Waals surface area contributed by atoms with Gasteiger partial charge in [-0.3, -0.25) is 9.59 Å². The molecule has 4 N–H and O–H groups in total. The van der Waals surface area contributed by atoms with E-state index >= 15 is 0 Å². The molecule has 3 fully saturated rings. The number of imidazole rings is 2. The molecule has 3 aromatic carbocycles. The Balaban J connectivity index is 0.940. The van der Waals surface area contributed by atoms with Gasteiger partial charge in [-0.05, 0) is 72.8 Å². The van der Waals surface area contributed by atoms with Crippen molar-refractivity contribution in [3.8, 4) is 33.6 Å². The van der Waals surface area contributed by atoms with E-state index in [4.69, 9.17) is 24.2 Å². The van der Waals surface area contributed by atoms with Crippen molar-refractivity contribution in [1.29, 1.82) is 0 Å². The van der Waals surface area contributed by atoms with Gasteiger partial charge in [0, 0.05) is 25.6 Å². The van der Waals surface area contributed by atoms with Crippen LogP contribution in [-0.2, 0) is 23.8 Å². The summed E-state index contributed by atoms with van der Waals surface area (Å²) in [6.45, 7) is 6.82. The maximum absolute atomic E-state index is 14.3. The summed E-state index contributed by atoms with van der Waals surface area (Å²) in [6, 6.07) is 23.5. The number of likely N-dealkylation sites (tertiary alicyclic amines) is 2. The quantitative estimate of drug-likeness (QED) is 0.0868. The molecule has 15 nitrogen and oxygen atoms in total. The topological polar surface area (TPSA) is 184 Å². The van der Waals surface area contributed by atoms with E-state index in [0.29, 0.717) is 36.8 Å². The first-order chi connectivity index (χ1) is 30.5. The first-order valence-electron chi connectivity index (χ1n) is 21.8. The minimum absolute atomic E-state index is 0.0486. The fourth-order valence-electron chi connectivity index (χ4n) is 8.85. The Morgan fingerprint density at radius 3 is 1.87 bits per heavy atom. The number of benzene rings is 3. The van der Waals surface area contributed by atoms with E-state index in [9.17, 15) is 19.2 Å². The summed E-state index contributed by atoms with van der Waals surface area (Å²) in [5.41, 5.74) is 6.37. The lowest BCUT2D eigenvalue weighted by atomic mass is 10.0. The maximum Gasteiger partial charge on any atom is 0.408 e. The summed E-state index contributed by atoms with van der Waals surface area (Å²) in [5, 5.41) is 5.57. The van der Waals surface area contributed by atoms with Gasteiger partial charge in [-0.15, -0.1) is 0 Å². The number of nitrogens with one attached hydrogen (secondary N) is 4. The van der Waals surface area contributed by atoms with Crippen LogP contribution in [0.2, 0.25) is 0 Å². The molecule has 3 aliphatic rings. The fourth-order valence-corrected chi connectivity index (χ4v) is 8.85. The van der Waals surface area contributed by atoms with E-state index < -0.39 is 24.3 Å². The lowest BCUT2D eigenvalue weighted by Gasteiger charge is -2.31. The van der Waals surface area contributed by atoms with Gasteiger partial charge in [-0.2, -0.15) is 0 Å². The zero-order valence-corrected chi connectivity index (χ0v) is 36.4. The summed E-state index contributed by atoms with van der Waals surface area (Å²) >= 11 is 0. The number of alkyl carbamates (subject to hydrolysis) is 2. The second kappa shape index (κ2) is 18.9. The van der Waals surface area contributed by atoms with E-state index in [-0.39, 0.29) is 47.9 Å². The molecule has 2 saturated heterocycles. The van der Waals surface area contributed by atoms with Crippen molar-refractivity contribution in [3.63, 3.8) is 0 Å². The Morgan fingerprint density at radius 1 is 0.730 bits per heavy atom. The predicted octanol–water partition coefficient (Wildman–Crippen LogP) is 7.73. The van der Waals surface area contributed by atoms with E-state index in [1.165, 1.54) is 7.11 Å². The summed E-state index contributed by atoms with van der Waals surface area (Å²) in [7, 11) is 2.94. The van der Waals surface area contributed by atoms with Crippen LogP contribution in [0.1, 0.15) is 88.2 Å². The normalized spacial score (nSPS) is 20.7. The van der Waals surface area contributed by atoms with Crippen LogP contribution in [0.15, 0.2) is 91.3 Å². The highest BCUT2D eigenvalue weighted by Gasteiger charge is 2.43. The molecule has 0 spiro atoms. The van der Waals surface area contributed by atoms with Crippen LogP contribution in [0, 0.1) is 11.8 Å². The van der Waals surface area contributed by atoms with Crippen molar-refractivity contribution in [3.05, 3.63) is 108 Å². The van der Waals surface area contributed by atoms with Crippen molar-refractivity contribution in [2.45, 2.75) is 89.2 Å². The number of H-pyrrole nitrogens is 2. The molecular formula is C48H56N8O7. The van der Waals surface area contributed by atoms with Gasteiger partial charge in [0.15, 0.2) is 0 Å². The predicted molar refractivity (Wildman–Crippen MR) is 236 cm³/mol. The first kappa shape index (κ1) is 43.2. The summed E-state index contributed by atoms with van der Waals surface area (Å²) < 4.78 is 15.7. The molecule has 0 radical (unpaired) electrons. The van der Waals surface area contributed by atoms with E-state index in [2.05, 4.69) is 57.0 Å². The molecule has 4 amide bonds. The van der Waals surface area contributed by atoms with E-state index in [0.717, 1.165) is 59.3 Å². The molecule has 330 valence electrons. The van der Waals surface area contributed by atoms with Crippen molar-refractivity contribution >= 4 is 24.0 Å². The molecule has 6 atom stereocenters. The first-order valence-corrected chi connectivity index (χ1v) is 21.8. The van der Waals surface area contributed by atoms with Crippen LogP contribution in [0.3, 0.4) is 0 Å². The third-order valence-electron chi connectivity index (χ3n) is 12.4. The smallest absolute Gasteiger partial charge is 0.408 e. The summed E-state index contributed by atoms with van der Waals surface area (Å²) in [5.74, 6) is 0.976. The zero-order valence-electron chi connectivity index (χ0n) is 36.4. The summed E-state index contributed by atoms with van der Waals surface area (Å²) in [4.78, 5) is 73.2. The fraction of sp³-hybridized carbons (Fsp3) is 0.417. The molecule has 15 heteroatoms. The van der Waals surface area contributed by atoms with Gasteiger partial charge in [-0.25, -0.2) is 19.6 Å². The standard InChI is InChI=1S/C48H56N8O7/c1-28(2)41(53-47(59)62-5)45(57)55-26-30(27-61-4)23-40(55)44-50-25-38(52-44)34-18-14-32(15-19-34)31-12-16-33(17-13-31)37-24-49-43(51-37)39-22-11-29(3)56(39)46(58)42(35-9-7-6-8-10-35)54-48(60)63-36-20-21-36/h6-10,12-19,24-25,28-30,36,39-42H,11,20-23,26-27H2,1-5H3,(H,49,51)(H,50,52)(H,53,59)(H,54,60)/t29-,30-,39-,40-,41-,42+/m0/s1. The number of hydrogen-bond donors (Lipinski definition) is 4. The van der Waals surface area contributed by atoms with Crippen LogP contribution in [0.25, 0.3) is 33.6 Å². The highest BCUT2D eigenvalue weighted by Crippen LogP contribution is 2.39. The monoisotopic (exact) mass is 856 g/mol. The SMILES string of the molecule is COC[C@H]1C[C@@H](c2ncc(-c3ccc(-c4ccc(-c5cnc([C@@H]6CC[C@H](C)N6C(=O)[C@H](NC(=O)OC6CC6)c6ccccc6)[nH]5)cc4)cc3)[nH]2)N(C(=O)[C@@H](NC(=O)OC)C(C)C)C1. The molecule has 1 saturated carbocycles. The molecular weight excluding hydrogens is 801 g/mol. The molecule has 0 bridgehead atoms. The number of aromatic amines is 2. The zero-order chi connectivity index (χ0) is 44.2. The minimum Gasteiger partial charge on any atom is -0.453 e. The Bertz CT molecular complexity index is 2380. The number of rotatable bonds is 14. The Kier molecular flexibility index (Phi) is 12.9. The van der Waals surface area contributed by atoms with Crippen LogP contribution < -0.4 is 10.6 Å². The van der Waals surface area contributed by atoms with Crippen molar-refractivity contribution < 1.29 is 33.4 Å². The highest BCUT2D eigenvalue weighted by atomic mass is 16.6. The molecule has 2 aliphatic heterocycles. The van der Waals surface area contributed by atoms with Crippen molar-refractivity contribution in [2.24, 2.45) is 11.8 Å². The Morgan fingerprint density at radius 2 is 1.32 bits per heavy atom. The average molecular weight is 857 g/mol. The number of ether oxygens (including phenoxy) is 3. The van der Waals surface area contributed by atoms with Crippen molar-refractivity contribution in [2.75, 3.05) is 27.4 Å².